The second-order valence-corrected chi connectivity index (χ2v) is 5.07. The van der Waals surface area contributed by atoms with Gasteiger partial charge in [-0.15, -0.1) is 0 Å². The van der Waals surface area contributed by atoms with Gasteiger partial charge in [0, 0.05) is 6.42 Å². The summed E-state index contributed by atoms with van der Waals surface area (Å²) in [6.07, 6.45) is 9.39. The third-order valence-electron chi connectivity index (χ3n) is 3.46. The number of aliphatic carboxylic acids is 1. The summed E-state index contributed by atoms with van der Waals surface area (Å²) in [6, 6.07) is 0. The van der Waals surface area contributed by atoms with E-state index in [9.17, 15) is 9.59 Å². The Kier molecular flexibility index (Phi) is 3.86. The Morgan fingerprint density at radius 2 is 2.27 bits per heavy atom. The van der Waals surface area contributed by atoms with Crippen molar-refractivity contribution >= 4 is 12.1 Å². The molecule has 22 heavy (non-hydrogen) atoms. The molecule has 1 N–H and O–H groups in total. The molecule has 1 unspecified atom stereocenters. The van der Waals surface area contributed by atoms with Crippen molar-refractivity contribution in [1.29, 1.82) is 0 Å². The molecule has 1 atom stereocenters. The van der Waals surface area contributed by atoms with E-state index in [0.717, 1.165) is 17.7 Å². The summed E-state index contributed by atoms with van der Waals surface area (Å²) in [5.74, 6) is -0.494. The van der Waals surface area contributed by atoms with E-state index in [-0.39, 0.29) is 12.4 Å². The van der Waals surface area contributed by atoms with Crippen molar-refractivity contribution in [1.82, 2.24) is 4.90 Å². The van der Waals surface area contributed by atoms with Crippen LogP contribution in [0.3, 0.4) is 0 Å². The van der Waals surface area contributed by atoms with Crippen LogP contribution in [0, 0.1) is 0 Å². The number of carboxylic acid groups (broad SMARTS) is 1. The predicted molar refractivity (Wildman–Crippen MR) is 74.0 cm³/mol. The van der Waals surface area contributed by atoms with Crippen LogP contribution in [0.1, 0.15) is 19.3 Å². The van der Waals surface area contributed by atoms with Crippen LogP contribution in [0.5, 0.6) is 0 Å². The maximum Gasteiger partial charge on any atom is 0.417 e. The number of hydrogen-bond acceptors (Lipinski definition) is 5. The predicted octanol–water partition coefficient (Wildman–Crippen LogP) is 2.25. The van der Waals surface area contributed by atoms with Crippen molar-refractivity contribution in [3.63, 3.8) is 0 Å². The third kappa shape index (κ3) is 2.98. The van der Waals surface area contributed by atoms with Gasteiger partial charge in [0.1, 0.15) is 12.0 Å². The zero-order chi connectivity index (χ0) is 15.5. The lowest BCUT2D eigenvalue weighted by molar-refractivity contribution is -0.144. The Labute approximate surface area is 126 Å². The summed E-state index contributed by atoms with van der Waals surface area (Å²) < 4.78 is 15.6. The van der Waals surface area contributed by atoms with Gasteiger partial charge in [-0.2, -0.15) is 0 Å². The fourth-order valence-electron chi connectivity index (χ4n) is 2.34. The molecule has 0 saturated carbocycles. The molecule has 0 radical (unpaired) electrons. The van der Waals surface area contributed by atoms with Gasteiger partial charge in [0.2, 0.25) is 12.0 Å². The van der Waals surface area contributed by atoms with Crippen molar-refractivity contribution in [3.05, 3.63) is 48.0 Å². The average Bonchev–Trinajstić information content (AvgIpc) is 2.91. The lowest BCUT2D eigenvalue weighted by Crippen LogP contribution is -2.29. The summed E-state index contributed by atoms with van der Waals surface area (Å²) in [7, 11) is 0. The Hall–Kier alpha value is -2.70. The zero-order valence-electron chi connectivity index (χ0n) is 11.7. The monoisotopic (exact) mass is 305 g/mol. The summed E-state index contributed by atoms with van der Waals surface area (Å²) in [6.45, 7) is -0.109. The van der Waals surface area contributed by atoms with Crippen molar-refractivity contribution in [2.75, 3.05) is 6.54 Å². The van der Waals surface area contributed by atoms with Crippen LogP contribution in [0.4, 0.5) is 4.79 Å². The van der Waals surface area contributed by atoms with Crippen molar-refractivity contribution in [3.8, 4) is 0 Å². The fraction of sp³-hybridized carbons (Fsp3) is 0.333. The minimum absolute atomic E-state index is 0.109. The SMILES string of the molecule is O=C(O)C1CN(C2=COC=C(CC3=CC=CCC3)O2)C(=O)O1. The Morgan fingerprint density at radius 3 is 2.95 bits per heavy atom. The molecule has 2 aliphatic heterocycles. The van der Waals surface area contributed by atoms with Crippen molar-refractivity contribution in [2.24, 2.45) is 0 Å². The van der Waals surface area contributed by atoms with Gasteiger partial charge in [0.15, 0.2) is 6.26 Å². The number of rotatable bonds is 4. The number of carboxylic acids is 1. The maximum absolute atomic E-state index is 11.7. The summed E-state index contributed by atoms with van der Waals surface area (Å²) in [5, 5.41) is 8.89. The highest BCUT2D eigenvalue weighted by Crippen LogP contribution is 2.27. The van der Waals surface area contributed by atoms with E-state index >= 15 is 0 Å². The van der Waals surface area contributed by atoms with E-state index < -0.39 is 18.2 Å². The minimum Gasteiger partial charge on any atom is -0.478 e. The number of carbonyl (C=O) groups is 2. The van der Waals surface area contributed by atoms with Gasteiger partial charge in [-0.1, -0.05) is 23.8 Å². The minimum atomic E-state index is -1.20. The van der Waals surface area contributed by atoms with Crippen LogP contribution in [-0.2, 0) is 19.0 Å². The molecule has 1 saturated heterocycles. The van der Waals surface area contributed by atoms with Crippen LogP contribution < -0.4 is 0 Å². The number of cyclic esters (lactones) is 1. The van der Waals surface area contributed by atoms with E-state index in [1.54, 1.807) is 0 Å². The topological polar surface area (TPSA) is 85.3 Å². The summed E-state index contributed by atoms with van der Waals surface area (Å²) in [4.78, 5) is 23.7. The fourth-order valence-corrected chi connectivity index (χ4v) is 2.34. The quantitative estimate of drug-likeness (QED) is 0.857. The van der Waals surface area contributed by atoms with Gasteiger partial charge in [-0.05, 0) is 12.8 Å². The van der Waals surface area contributed by atoms with Crippen LogP contribution in [0.15, 0.2) is 48.0 Å². The first-order valence-electron chi connectivity index (χ1n) is 6.91. The van der Waals surface area contributed by atoms with E-state index in [4.69, 9.17) is 19.3 Å². The molecule has 2 heterocycles. The first kappa shape index (κ1) is 14.2. The van der Waals surface area contributed by atoms with Gasteiger partial charge in [0.25, 0.3) is 0 Å². The third-order valence-corrected chi connectivity index (χ3v) is 3.46. The Balaban J connectivity index is 1.63. The molecule has 0 bridgehead atoms. The largest absolute Gasteiger partial charge is 0.478 e. The highest BCUT2D eigenvalue weighted by Gasteiger charge is 2.39. The number of carbonyl (C=O) groups excluding carboxylic acids is 1. The van der Waals surface area contributed by atoms with Gasteiger partial charge >= 0.3 is 12.1 Å². The number of allylic oxidation sites excluding steroid dienone is 4. The van der Waals surface area contributed by atoms with Gasteiger partial charge in [0.05, 0.1) is 6.54 Å². The molecule has 1 aliphatic carbocycles. The molecule has 1 amide bonds. The van der Waals surface area contributed by atoms with Gasteiger partial charge in [-0.3, -0.25) is 0 Å². The lowest BCUT2D eigenvalue weighted by Gasteiger charge is -2.22. The molecule has 0 aromatic heterocycles. The molecule has 0 spiro atoms. The highest BCUT2D eigenvalue weighted by molar-refractivity contribution is 5.82. The molecular weight excluding hydrogens is 290 g/mol. The molecule has 7 heteroatoms. The molecule has 1 fully saturated rings. The zero-order valence-corrected chi connectivity index (χ0v) is 11.7. The molecule has 3 aliphatic rings. The number of amides is 1. The first-order valence-corrected chi connectivity index (χ1v) is 6.91. The smallest absolute Gasteiger partial charge is 0.417 e. The van der Waals surface area contributed by atoms with Crippen molar-refractivity contribution < 1.29 is 28.9 Å². The van der Waals surface area contributed by atoms with E-state index in [2.05, 4.69) is 6.08 Å². The summed E-state index contributed by atoms with van der Waals surface area (Å²) in [5.41, 5.74) is 1.20. The number of ether oxygens (including phenoxy) is 3. The van der Waals surface area contributed by atoms with Crippen LogP contribution in [-0.4, -0.2) is 34.7 Å². The number of hydrogen-bond donors (Lipinski definition) is 1. The van der Waals surface area contributed by atoms with Crippen molar-refractivity contribution in [2.45, 2.75) is 25.4 Å². The Bertz CT molecular complexity index is 616. The lowest BCUT2D eigenvalue weighted by atomic mass is 10.0. The van der Waals surface area contributed by atoms with Crippen LogP contribution >= 0.6 is 0 Å². The first-order chi connectivity index (χ1) is 10.6. The highest BCUT2D eigenvalue weighted by atomic mass is 16.6. The second-order valence-electron chi connectivity index (χ2n) is 5.07. The van der Waals surface area contributed by atoms with E-state index in [0.29, 0.717) is 12.2 Å². The molecule has 7 nitrogen and oxygen atoms in total. The van der Waals surface area contributed by atoms with Crippen LogP contribution in [0.25, 0.3) is 0 Å². The summed E-state index contributed by atoms with van der Waals surface area (Å²) >= 11 is 0. The van der Waals surface area contributed by atoms with E-state index in [1.807, 2.05) is 12.2 Å². The molecule has 0 aromatic carbocycles. The standard InChI is InChI=1S/C15H15NO6/c17-14(18)12-7-16(15(19)22-12)13-9-20-8-11(21-13)6-10-4-2-1-3-5-10/h1-2,4,8-9,12H,3,5-7H2,(H,17,18). The molecular formula is C15H15NO6. The molecule has 116 valence electrons. The molecule has 3 rings (SSSR count). The second kappa shape index (κ2) is 5.97. The Morgan fingerprint density at radius 1 is 1.41 bits per heavy atom. The van der Waals surface area contributed by atoms with Gasteiger partial charge in [-0.25, -0.2) is 14.5 Å². The maximum atomic E-state index is 11.7. The normalized spacial score (nSPS) is 23.8. The average molecular weight is 305 g/mol. The van der Waals surface area contributed by atoms with Gasteiger partial charge < -0.3 is 19.3 Å². The van der Waals surface area contributed by atoms with E-state index in [1.165, 1.54) is 18.1 Å². The number of nitrogens with zero attached hydrogens (tertiary/aromatic N) is 1. The van der Waals surface area contributed by atoms with Crippen LogP contribution in [0.2, 0.25) is 0 Å². The molecule has 0 aromatic rings.